The average Bonchev–Trinajstić information content (AvgIpc) is 2.53. The van der Waals surface area contributed by atoms with E-state index >= 15 is 0 Å². The molecule has 4 heteroatoms. The van der Waals surface area contributed by atoms with Crippen LogP contribution in [0.5, 0.6) is 23.0 Å². The molecule has 2 aliphatic rings. The Morgan fingerprint density at radius 1 is 1.12 bits per heavy atom. The van der Waals surface area contributed by atoms with Gasteiger partial charge in [0.1, 0.15) is 35.2 Å². The van der Waals surface area contributed by atoms with Gasteiger partial charge in [0.2, 0.25) is 0 Å². The maximum absolute atomic E-state index is 10.3. The molecule has 0 radical (unpaired) electrons. The maximum atomic E-state index is 10.3. The molecule has 25 heavy (non-hydrogen) atoms. The standard InChI is InChI=1S/C21H22O4/c1-12-10-21(2,3)25-20-16(6-7-17(23)19(12)20)14-8-13-4-5-15(22)9-18(13)24-11-14/h4-9,12,22-23H,10-11H2,1-3H3. The van der Waals surface area contributed by atoms with Gasteiger partial charge in [-0.05, 0) is 56.5 Å². The highest BCUT2D eigenvalue weighted by atomic mass is 16.5. The average molecular weight is 338 g/mol. The molecule has 0 spiro atoms. The van der Waals surface area contributed by atoms with E-state index in [2.05, 4.69) is 26.8 Å². The van der Waals surface area contributed by atoms with Crippen molar-refractivity contribution in [2.24, 2.45) is 0 Å². The van der Waals surface area contributed by atoms with Crippen LogP contribution in [-0.4, -0.2) is 22.4 Å². The molecule has 0 amide bonds. The minimum atomic E-state index is -0.283. The molecule has 1 atom stereocenters. The van der Waals surface area contributed by atoms with Gasteiger partial charge >= 0.3 is 0 Å². The summed E-state index contributed by atoms with van der Waals surface area (Å²) in [6.07, 6.45) is 2.91. The van der Waals surface area contributed by atoms with Crippen molar-refractivity contribution in [2.75, 3.05) is 6.61 Å². The molecule has 130 valence electrons. The van der Waals surface area contributed by atoms with E-state index in [0.717, 1.165) is 34.4 Å². The van der Waals surface area contributed by atoms with E-state index in [4.69, 9.17) is 9.47 Å². The van der Waals surface area contributed by atoms with Crippen molar-refractivity contribution in [2.45, 2.75) is 38.7 Å². The van der Waals surface area contributed by atoms with Crippen molar-refractivity contribution >= 4 is 11.6 Å². The molecule has 2 aromatic rings. The first-order chi connectivity index (χ1) is 11.8. The van der Waals surface area contributed by atoms with Gasteiger partial charge in [0.15, 0.2) is 0 Å². The molecule has 0 aliphatic carbocycles. The van der Waals surface area contributed by atoms with E-state index in [0.29, 0.717) is 12.4 Å². The normalized spacial score (nSPS) is 20.6. The largest absolute Gasteiger partial charge is 0.508 e. The summed E-state index contributed by atoms with van der Waals surface area (Å²) < 4.78 is 12.1. The summed E-state index contributed by atoms with van der Waals surface area (Å²) >= 11 is 0. The van der Waals surface area contributed by atoms with Gasteiger partial charge in [-0.25, -0.2) is 0 Å². The van der Waals surface area contributed by atoms with Crippen molar-refractivity contribution in [1.82, 2.24) is 0 Å². The number of aromatic hydroxyl groups is 2. The van der Waals surface area contributed by atoms with Crippen LogP contribution in [0, 0.1) is 0 Å². The molecule has 0 aromatic heterocycles. The molecule has 4 nitrogen and oxygen atoms in total. The third kappa shape index (κ3) is 2.72. The lowest BCUT2D eigenvalue weighted by molar-refractivity contribution is 0.0731. The van der Waals surface area contributed by atoms with Crippen molar-refractivity contribution in [3.8, 4) is 23.0 Å². The highest BCUT2D eigenvalue weighted by molar-refractivity contribution is 5.88. The lowest BCUT2D eigenvalue weighted by atomic mass is 9.83. The number of benzene rings is 2. The van der Waals surface area contributed by atoms with E-state index < -0.39 is 0 Å². The van der Waals surface area contributed by atoms with E-state index in [1.54, 1.807) is 18.2 Å². The first kappa shape index (κ1) is 15.9. The predicted octanol–water partition coefficient (Wildman–Crippen LogP) is 4.70. The van der Waals surface area contributed by atoms with Crippen LogP contribution >= 0.6 is 0 Å². The van der Waals surface area contributed by atoms with Gasteiger partial charge < -0.3 is 19.7 Å². The maximum Gasteiger partial charge on any atom is 0.134 e. The Kier molecular flexibility index (Phi) is 3.46. The van der Waals surface area contributed by atoms with E-state index in [9.17, 15) is 10.2 Å². The predicted molar refractivity (Wildman–Crippen MR) is 97.3 cm³/mol. The summed E-state index contributed by atoms with van der Waals surface area (Å²) in [4.78, 5) is 0. The van der Waals surface area contributed by atoms with Crippen LogP contribution in [-0.2, 0) is 0 Å². The molecule has 0 bridgehead atoms. The summed E-state index contributed by atoms with van der Waals surface area (Å²) in [6.45, 7) is 6.66. The molecule has 0 saturated carbocycles. The highest BCUT2D eigenvalue weighted by Crippen LogP contribution is 2.49. The zero-order valence-corrected chi connectivity index (χ0v) is 14.7. The van der Waals surface area contributed by atoms with Gasteiger partial charge in [-0.3, -0.25) is 0 Å². The third-order valence-corrected chi connectivity index (χ3v) is 4.90. The summed E-state index contributed by atoms with van der Waals surface area (Å²) in [5.41, 5.74) is 3.46. The lowest BCUT2D eigenvalue weighted by Gasteiger charge is -2.38. The molecule has 2 N–H and O–H groups in total. The Morgan fingerprint density at radius 3 is 2.72 bits per heavy atom. The minimum Gasteiger partial charge on any atom is -0.508 e. The van der Waals surface area contributed by atoms with Crippen LogP contribution in [0.3, 0.4) is 0 Å². The van der Waals surface area contributed by atoms with Crippen molar-refractivity contribution in [1.29, 1.82) is 0 Å². The Morgan fingerprint density at radius 2 is 1.92 bits per heavy atom. The summed E-state index contributed by atoms with van der Waals surface area (Å²) in [6, 6.07) is 8.73. The summed E-state index contributed by atoms with van der Waals surface area (Å²) in [5, 5.41) is 19.9. The van der Waals surface area contributed by atoms with Crippen molar-refractivity contribution < 1.29 is 19.7 Å². The first-order valence-corrected chi connectivity index (χ1v) is 8.56. The topological polar surface area (TPSA) is 58.9 Å². The molecule has 2 heterocycles. The second-order valence-electron chi connectivity index (χ2n) is 7.52. The van der Waals surface area contributed by atoms with Crippen LogP contribution in [0.15, 0.2) is 30.3 Å². The number of phenolic OH excluding ortho intramolecular Hbond substituents is 2. The van der Waals surface area contributed by atoms with E-state index in [1.807, 2.05) is 12.1 Å². The van der Waals surface area contributed by atoms with Crippen molar-refractivity contribution in [3.05, 3.63) is 47.0 Å². The third-order valence-electron chi connectivity index (χ3n) is 4.90. The molecule has 4 rings (SSSR count). The zero-order chi connectivity index (χ0) is 17.8. The van der Waals surface area contributed by atoms with Gasteiger partial charge in [0.25, 0.3) is 0 Å². The van der Waals surface area contributed by atoms with Crippen LogP contribution in [0.25, 0.3) is 11.6 Å². The fourth-order valence-corrected chi connectivity index (χ4v) is 3.89. The van der Waals surface area contributed by atoms with Crippen LogP contribution < -0.4 is 9.47 Å². The highest BCUT2D eigenvalue weighted by Gasteiger charge is 2.35. The number of fused-ring (bicyclic) bond motifs is 2. The Labute approximate surface area is 147 Å². The van der Waals surface area contributed by atoms with Gasteiger partial charge in [0.05, 0.1) is 0 Å². The Bertz CT molecular complexity index is 880. The molecular formula is C21H22O4. The van der Waals surface area contributed by atoms with Gasteiger partial charge in [-0.1, -0.05) is 6.92 Å². The number of ether oxygens (including phenoxy) is 2. The smallest absolute Gasteiger partial charge is 0.134 e. The van der Waals surface area contributed by atoms with E-state index in [1.165, 1.54) is 0 Å². The second-order valence-corrected chi connectivity index (χ2v) is 7.52. The molecule has 1 unspecified atom stereocenters. The second kappa shape index (κ2) is 5.45. The number of rotatable bonds is 1. The molecule has 2 aliphatic heterocycles. The first-order valence-electron chi connectivity index (χ1n) is 8.56. The fourth-order valence-electron chi connectivity index (χ4n) is 3.89. The Hall–Kier alpha value is -2.62. The zero-order valence-electron chi connectivity index (χ0n) is 14.7. The minimum absolute atomic E-state index is 0.191. The SMILES string of the molecule is CC1CC(C)(C)Oc2c(C3=Cc4ccc(O)cc4OC3)ccc(O)c21. The Balaban J connectivity index is 1.85. The van der Waals surface area contributed by atoms with Crippen molar-refractivity contribution in [3.63, 3.8) is 0 Å². The fraction of sp³-hybridized carbons (Fsp3) is 0.333. The monoisotopic (exact) mass is 338 g/mol. The summed E-state index contributed by atoms with van der Waals surface area (Å²) in [5.74, 6) is 2.11. The molecule has 0 fully saturated rings. The van der Waals surface area contributed by atoms with Crippen LogP contribution in [0.2, 0.25) is 0 Å². The molecular weight excluding hydrogens is 316 g/mol. The lowest BCUT2D eigenvalue weighted by Crippen LogP contribution is -2.34. The number of hydrogen-bond donors (Lipinski definition) is 2. The summed E-state index contributed by atoms with van der Waals surface area (Å²) in [7, 11) is 0. The van der Waals surface area contributed by atoms with Gasteiger partial charge in [-0.2, -0.15) is 0 Å². The van der Waals surface area contributed by atoms with E-state index in [-0.39, 0.29) is 23.0 Å². The molecule has 2 aromatic carbocycles. The number of hydrogen-bond acceptors (Lipinski definition) is 4. The van der Waals surface area contributed by atoms with Gasteiger partial charge in [-0.15, -0.1) is 0 Å². The molecule has 0 saturated heterocycles. The van der Waals surface area contributed by atoms with Gasteiger partial charge in [0, 0.05) is 28.3 Å². The quantitative estimate of drug-likeness (QED) is 0.791. The van der Waals surface area contributed by atoms with Crippen LogP contribution in [0.4, 0.5) is 0 Å². The number of phenols is 2. The van der Waals surface area contributed by atoms with Crippen LogP contribution in [0.1, 0.15) is 49.8 Å².